The smallest absolute Gasteiger partial charge is 0.416 e. The number of thiazole rings is 1. The Balaban J connectivity index is 1.78. The van der Waals surface area contributed by atoms with Crippen molar-refractivity contribution >= 4 is 32.6 Å². The van der Waals surface area contributed by atoms with Gasteiger partial charge in [0, 0.05) is 5.56 Å². The fourth-order valence-corrected chi connectivity index (χ4v) is 4.00. The highest BCUT2D eigenvalue weighted by Crippen LogP contribution is 2.34. The van der Waals surface area contributed by atoms with Crippen LogP contribution in [0.2, 0.25) is 0 Å². The molecule has 2 aromatic carbocycles. The maximum absolute atomic E-state index is 13.2. The van der Waals surface area contributed by atoms with Crippen molar-refractivity contribution < 1.29 is 22.4 Å². The highest BCUT2D eigenvalue weighted by Gasteiger charge is 2.32. The Hall–Kier alpha value is -3.13. The van der Waals surface area contributed by atoms with Gasteiger partial charge in [-0.05, 0) is 48.9 Å². The van der Waals surface area contributed by atoms with Crippen molar-refractivity contribution in [1.82, 2.24) is 4.98 Å². The van der Waals surface area contributed by atoms with Crippen LogP contribution in [0, 0.1) is 6.92 Å². The molecule has 0 saturated heterocycles. The second-order valence-electron chi connectivity index (χ2n) is 6.47. The van der Waals surface area contributed by atoms with Crippen LogP contribution in [0.25, 0.3) is 10.2 Å². The van der Waals surface area contributed by atoms with Gasteiger partial charge in [0.2, 0.25) is 0 Å². The van der Waals surface area contributed by atoms with E-state index in [-0.39, 0.29) is 12.1 Å². The number of nitrogens with zero attached hydrogens (tertiary/aromatic N) is 2. The van der Waals surface area contributed by atoms with E-state index in [4.69, 9.17) is 4.42 Å². The van der Waals surface area contributed by atoms with Crippen molar-refractivity contribution in [3.8, 4) is 0 Å². The van der Waals surface area contributed by atoms with Gasteiger partial charge >= 0.3 is 6.18 Å². The molecule has 0 N–H and O–H groups in total. The zero-order chi connectivity index (χ0) is 20.6. The maximum Gasteiger partial charge on any atom is 0.416 e. The average Bonchev–Trinajstić information content (AvgIpc) is 3.35. The Labute approximate surface area is 168 Å². The third kappa shape index (κ3) is 3.88. The number of alkyl halides is 3. The molecule has 0 unspecified atom stereocenters. The molecule has 8 heteroatoms. The minimum Gasteiger partial charge on any atom is -0.467 e. The molecular formula is C21H15F3N2O2S. The van der Waals surface area contributed by atoms with Crippen LogP contribution in [-0.2, 0) is 12.7 Å². The average molecular weight is 416 g/mol. The number of aromatic nitrogens is 1. The monoisotopic (exact) mass is 416 g/mol. The second kappa shape index (κ2) is 7.36. The third-order valence-corrected chi connectivity index (χ3v) is 5.46. The molecule has 4 rings (SSSR count). The second-order valence-corrected chi connectivity index (χ2v) is 7.48. The van der Waals surface area contributed by atoms with Gasteiger partial charge < -0.3 is 4.42 Å². The van der Waals surface area contributed by atoms with Gasteiger partial charge in [-0.3, -0.25) is 9.69 Å². The molecule has 4 aromatic rings. The lowest BCUT2D eigenvalue weighted by atomic mass is 10.1. The summed E-state index contributed by atoms with van der Waals surface area (Å²) in [6.45, 7) is 1.97. The van der Waals surface area contributed by atoms with Crippen LogP contribution in [0.3, 0.4) is 0 Å². The Morgan fingerprint density at radius 3 is 2.62 bits per heavy atom. The van der Waals surface area contributed by atoms with E-state index < -0.39 is 17.6 Å². The Kier molecular flexibility index (Phi) is 4.87. The van der Waals surface area contributed by atoms with Gasteiger partial charge in [-0.15, -0.1) is 0 Å². The molecule has 2 aromatic heterocycles. The summed E-state index contributed by atoms with van der Waals surface area (Å²) < 4.78 is 45.5. The number of aryl methyl sites for hydroxylation is 1. The summed E-state index contributed by atoms with van der Waals surface area (Å²) >= 11 is 1.30. The van der Waals surface area contributed by atoms with Gasteiger partial charge in [0.15, 0.2) is 5.13 Å². The van der Waals surface area contributed by atoms with Gasteiger partial charge in [0.1, 0.15) is 5.76 Å². The fraction of sp³-hybridized carbons (Fsp3) is 0.143. The van der Waals surface area contributed by atoms with Gasteiger partial charge in [-0.2, -0.15) is 13.2 Å². The number of rotatable bonds is 4. The summed E-state index contributed by atoms with van der Waals surface area (Å²) in [5, 5.41) is 0.396. The van der Waals surface area contributed by atoms with Crippen molar-refractivity contribution in [1.29, 1.82) is 0 Å². The van der Waals surface area contributed by atoms with Crippen LogP contribution < -0.4 is 4.90 Å². The minimum atomic E-state index is -4.53. The number of fused-ring (bicyclic) bond motifs is 1. The number of hydrogen-bond acceptors (Lipinski definition) is 4. The molecule has 148 valence electrons. The van der Waals surface area contributed by atoms with Crippen LogP contribution in [-0.4, -0.2) is 10.9 Å². The molecule has 4 nitrogen and oxygen atoms in total. The normalized spacial score (nSPS) is 11.7. The van der Waals surface area contributed by atoms with Gasteiger partial charge in [-0.25, -0.2) is 4.98 Å². The van der Waals surface area contributed by atoms with Crippen LogP contribution >= 0.6 is 11.3 Å². The van der Waals surface area contributed by atoms with Crippen molar-refractivity contribution in [2.75, 3.05) is 4.90 Å². The summed E-state index contributed by atoms with van der Waals surface area (Å²) in [4.78, 5) is 19.1. The van der Waals surface area contributed by atoms with E-state index in [1.165, 1.54) is 34.6 Å². The molecule has 0 spiro atoms. The summed E-state index contributed by atoms with van der Waals surface area (Å²) in [5.41, 5.74) is 0.770. The molecule has 0 saturated carbocycles. The molecule has 0 aliphatic rings. The molecule has 0 atom stereocenters. The number of anilines is 1. The number of halogens is 3. The van der Waals surface area contributed by atoms with Crippen LogP contribution in [0.4, 0.5) is 18.3 Å². The van der Waals surface area contributed by atoms with E-state index in [2.05, 4.69) is 4.98 Å². The lowest BCUT2D eigenvalue weighted by molar-refractivity contribution is -0.137. The number of para-hydroxylation sites is 1. The van der Waals surface area contributed by atoms with E-state index in [9.17, 15) is 18.0 Å². The Morgan fingerprint density at radius 1 is 1.14 bits per heavy atom. The highest BCUT2D eigenvalue weighted by molar-refractivity contribution is 7.22. The quantitative estimate of drug-likeness (QED) is 0.406. The SMILES string of the molecule is Cc1cccc2sc(N(Cc3ccco3)C(=O)c3cccc(C(F)(F)F)c3)nc12. The van der Waals surface area contributed by atoms with Crippen LogP contribution in [0.5, 0.6) is 0 Å². The minimum absolute atomic E-state index is 0.0565. The van der Waals surface area contributed by atoms with E-state index in [0.29, 0.717) is 10.9 Å². The summed E-state index contributed by atoms with van der Waals surface area (Å²) in [6, 6.07) is 13.5. The maximum atomic E-state index is 13.2. The van der Waals surface area contributed by atoms with E-state index in [1.807, 2.05) is 25.1 Å². The first kappa shape index (κ1) is 19.2. The standard InChI is InChI=1S/C21H15F3N2O2S/c1-13-5-2-9-17-18(13)25-20(29-17)26(12-16-8-4-10-28-16)19(27)14-6-3-7-15(11-14)21(22,23)24/h2-11H,12H2,1H3. The molecule has 1 amide bonds. The van der Waals surface area contributed by atoms with Crippen molar-refractivity contribution in [3.63, 3.8) is 0 Å². The highest BCUT2D eigenvalue weighted by atomic mass is 32.1. The summed E-state index contributed by atoms with van der Waals surface area (Å²) in [7, 11) is 0. The topological polar surface area (TPSA) is 46.3 Å². The first-order chi connectivity index (χ1) is 13.8. The zero-order valence-electron chi connectivity index (χ0n) is 15.2. The van der Waals surface area contributed by atoms with Crippen LogP contribution in [0.1, 0.15) is 27.2 Å². The number of hydrogen-bond donors (Lipinski definition) is 0. The number of benzene rings is 2. The van der Waals surface area contributed by atoms with Crippen molar-refractivity contribution in [2.45, 2.75) is 19.6 Å². The first-order valence-electron chi connectivity index (χ1n) is 8.70. The van der Waals surface area contributed by atoms with Crippen molar-refractivity contribution in [2.24, 2.45) is 0 Å². The predicted octanol–water partition coefficient (Wildman–Crippen LogP) is 6.06. The molecule has 0 bridgehead atoms. The molecule has 0 fully saturated rings. The largest absolute Gasteiger partial charge is 0.467 e. The van der Waals surface area contributed by atoms with Gasteiger partial charge in [0.05, 0.1) is 28.6 Å². The molecule has 0 radical (unpaired) electrons. The van der Waals surface area contributed by atoms with E-state index >= 15 is 0 Å². The molecule has 2 heterocycles. The molecular weight excluding hydrogens is 401 g/mol. The summed E-state index contributed by atoms with van der Waals surface area (Å²) in [6.07, 6.45) is -3.06. The van der Waals surface area contributed by atoms with Crippen molar-refractivity contribution in [3.05, 3.63) is 83.3 Å². The Bertz CT molecular complexity index is 1170. The number of furan rings is 1. The van der Waals surface area contributed by atoms with Gasteiger partial charge in [0.25, 0.3) is 5.91 Å². The van der Waals surface area contributed by atoms with E-state index in [0.717, 1.165) is 27.9 Å². The predicted molar refractivity (Wildman–Crippen MR) is 105 cm³/mol. The first-order valence-corrected chi connectivity index (χ1v) is 9.52. The van der Waals surface area contributed by atoms with E-state index in [1.54, 1.807) is 12.1 Å². The summed E-state index contributed by atoms with van der Waals surface area (Å²) in [5.74, 6) is -0.0782. The lowest BCUT2D eigenvalue weighted by Crippen LogP contribution is -2.30. The third-order valence-electron chi connectivity index (χ3n) is 4.42. The fourth-order valence-electron chi connectivity index (χ4n) is 2.96. The van der Waals surface area contributed by atoms with Crippen LogP contribution in [0.15, 0.2) is 65.3 Å². The number of carbonyl (C=O) groups excluding carboxylic acids is 1. The lowest BCUT2D eigenvalue weighted by Gasteiger charge is -2.19. The molecule has 0 aliphatic heterocycles. The van der Waals surface area contributed by atoms with Gasteiger partial charge in [-0.1, -0.05) is 29.5 Å². The Morgan fingerprint density at radius 2 is 1.93 bits per heavy atom. The zero-order valence-corrected chi connectivity index (χ0v) is 16.1. The number of carbonyl (C=O) groups is 1. The molecule has 29 heavy (non-hydrogen) atoms. The number of amides is 1. The molecule has 0 aliphatic carbocycles.